The van der Waals surface area contributed by atoms with Gasteiger partial charge in [0.05, 0.1) is 5.70 Å². The summed E-state index contributed by atoms with van der Waals surface area (Å²) in [5.41, 5.74) is 9.21. The van der Waals surface area contributed by atoms with Gasteiger partial charge in [0.25, 0.3) is 0 Å². The molecule has 2 aromatic rings. The van der Waals surface area contributed by atoms with Gasteiger partial charge < -0.3 is 15.7 Å². The predicted molar refractivity (Wildman–Crippen MR) is 92.3 cm³/mol. The van der Waals surface area contributed by atoms with E-state index in [0.717, 1.165) is 24.2 Å². The molecule has 0 radical (unpaired) electrons. The zero-order chi connectivity index (χ0) is 15.9. The van der Waals surface area contributed by atoms with Crippen LogP contribution in [0.2, 0.25) is 0 Å². The summed E-state index contributed by atoms with van der Waals surface area (Å²) < 4.78 is 0. The van der Waals surface area contributed by atoms with Crippen molar-refractivity contribution in [2.75, 3.05) is 6.54 Å². The fraction of sp³-hybridized carbons (Fsp3) is 0.263. The number of aromatic hydroxyl groups is 1. The van der Waals surface area contributed by atoms with Gasteiger partial charge in [-0.25, -0.2) is 0 Å². The third kappa shape index (κ3) is 4.04. The second-order valence-corrected chi connectivity index (χ2v) is 5.62. The minimum Gasteiger partial charge on any atom is -0.508 e. The van der Waals surface area contributed by atoms with E-state index in [1.807, 2.05) is 18.2 Å². The van der Waals surface area contributed by atoms with Crippen LogP contribution in [0.5, 0.6) is 5.75 Å². The van der Waals surface area contributed by atoms with Crippen LogP contribution in [-0.4, -0.2) is 22.6 Å². The molecule has 2 aromatic carbocycles. The average Bonchev–Trinajstić information content (AvgIpc) is 2.53. The highest BCUT2D eigenvalue weighted by Crippen LogP contribution is 2.23. The molecule has 0 aliphatic rings. The monoisotopic (exact) mass is 296 g/mol. The van der Waals surface area contributed by atoms with Crippen LogP contribution in [0.1, 0.15) is 25.0 Å². The van der Waals surface area contributed by atoms with Crippen molar-refractivity contribution in [2.45, 2.75) is 26.3 Å². The van der Waals surface area contributed by atoms with Crippen molar-refractivity contribution in [3.05, 3.63) is 71.9 Å². The van der Waals surface area contributed by atoms with Crippen molar-refractivity contribution in [3.63, 3.8) is 0 Å². The summed E-state index contributed by atoms with van der Waals surface area (Å²) in [6.07, 6.45) is 2.62. The first-order chi connectivity index (χ1) is 10.6. The maximum Gasteiger partial charge on any atom is 0.115 e. The molecular weight excluding hydrogens is 272 g/mol. The molecular formula is C19H24N2O. The topological polar surface area (TPSA) is 49.5 Å². The van der Waals surface area contributed by atoms with Crippen LogP contribution in [0.25, 0.3) is 5.70 Å². The van der Waals surface area contributed by atoms with E-state index in [4.69, 9.17) is 5.73 Å². The fourth-order valence-electron chi connectivity index (χ4n) is 2.54. The smallest absolute Gasteiger partial charge is 0.115 e. The number of rotatable bonds is 6. The molecule has 0 bridgehead atoms. The quantitative estimate of drug-likeness (QED) is 0.856. The molecule has 0 spiro atoms. The molecule has 3 nitrogen and oxygen atoms in total. The normalized spacial score (nSPS) is 11.7. The van der Waals surface area contributed by atoms with E-state index in [2.05, 4.69) is 43.0 Å². The number of hydrogen-bond acceptors (Lipinski definition) is 3. The molecule has 0 unspecified atom stereocenters. The van der Waals surface area contributed by atoms with Crippen molar-refractivity contribution < 1.29 is 5.11 Å². The molecule has 0 heterocycles. The van der Waals surface area contributed by atoms with Crippen LogP contribution in [0, 0.1) is 0 Å². The lowest BCUT2D eigenvalue weighted by Gasteiger charge is -2.31. The van der Waals surface area contributed by atoms with Gasteiger partial charge in [0.1, 0.15) is 5.75 Å². The Kier molecular flexibility index (Phi) is 5.48. The van der Waals surface area contributed by atoms with Gasteiger partial charge in [0.2, 0.25) is 0 Å². The Balaban J connectivity index is 2.16. The molecule has 0 saturated carbocycles. The largest absolute Gasteiger partial charge is 0.508 e. The highest BCUT2D eigenvalue weighted by Gasteiger charge is 2.15. The molecule has 116 valence electrons. The van der Waals surface area contributed by atoms with Gasteiger partial charge in [-0.15, -0.1) is 0 Å². The predicted octanol–water partition coefficient (Wildman–Crippen LogP) is 3.60. The van der Waals surface area contributed by atoms with Crippen LogP contribution in [0.4, 0.5) is 0 Å². The van der Waals surface area contributed by atoms with Gasteiger partial charge in [0, 0.05) is 18.8 Å². The molecule has 0 aromatic heterocycles. The van der Waals surface area contributed by atoms with Gasteiger partial charge >= 0.3 is 0 Å². The zero-order valence-electron chi connectivity index (χ0n) is 13.2. The fourth-order valence-corrected chi connectivity index (χ4v) is 2.54. The van der Waals surface area contributed by atoms with E-state index in [1.54, 1.807) is 18.3 Å². The molecule has 0 saturated heterocycles. The Labute approximate surface area is 132 Å². The summed E-state index contributed by atoms with van der Waals surface area (Å²) >= 11 is 0. The first-order valence-corrected chi connectivity index (χ1v) is 7.63. The van der Waals surface area contributed by atoms with Crippen LogP contribution in [-0.2, 0) is 6.42 Å². The standard InChI is InChI=1S/C19H24N2O/c1-15(2)21(13-12-16-6-4-3-5-7-16)19(14-20)17-8-10-18(22)11-9-17/h3-11,14-15,22H,12-13,20H2,1-2H3/b19-14-. The molecule has 0 fully saturated rings. The van der Waals surface area contributed by atoms with Crippen LogP contribution >= 0.6 is 0 Å². The molecule has 0 aliphatic carbocycles. The van der Waals surface area contributed by atoms with E-state index in [0.29, 0.717) is 6.04 Å². The molecule has 0 atom stereocenters. The van der Waals surface area contributed by atoms with Crippen LogP contribution in [0.15, 0.2) is 60.8 Å². The molecule has 3 N–H and O–H groups in total. The Hall–Kier alpha value is -2.42. The van der Waals surface area contributed by atoms with E-state index >= 15 is 0 Å². The second kappa shape index (κ2) is 7.55. The molecule has 2 rings (SSSR count). The third-order valence-electron chi connectivity index (χ3n) is 3.74. The number of phenolic OH excluding ortho intramolecular Hbond substituents is 1. The third-order valence-corrected chi connectivity index (χ3v) is 3.74. The SMILES string of the molecule is CC(C)N(CCc1ccccc1)/C(=C\N)c1ccc(O)cc1. The van der Waals surface area contributed by atoms with Gasteiger partial charge in [-0.05, 0) is 55.7 Å². The molecule has 0 amide bonds. The number of phenols is 1. The second-order valence-electron chi connectivity index (χ2n) is 5.62. The first-order valence-electron chi connectivity index (χ1n) is 7.63. The minimum atomic E-state index is 0.264. The highest BCUT2D eigenvalue weighted by atomic mass is 16.3. The average molecular weight is 296 g/mol. The first kappa shape index (κ1) is 16.0. The molecule has 3 heteroatoms. The lowest BCUT2D eigenvalue weighted by molar-refractivity contribution is 0.333. The number of nitrogens with zero attached hydrogens (tertiary/aromatic N) is 1. The van der Waals surface area contributed by atoms with E-state index in [9.17, 15) is 5.11 Å². The molecule has 0 aliphatic heterocycles. The van der Waals surface area contributed by atoms with E-state index in [1.165, 1.54) is 5.56 Å². The van der Waals surface area contributed by atoms with E-state index in [-0.39, 0.29) is 5.75 Å². The number of nitrogens with two attached hydrogens (primary N) is 1. The van der Waals surface area contributed by atoms with Crippen molar-refractivity contribution in [3.8, 4) is 5.75 Å². The summed E-state index contributed by atoms with van der Waals surface area (Å²) in [6.45, 7) is 5.22. The number of benzene rings is 2. The molecule has 22 heavy (non-hydrogen) atoms. The maximum absolute atomic E-state index is 9.45. The van der Waals surface area contributed by atoms with Gasteiger partial charge in [-0.1, -0.05) is 30.3 Å². The summed E-state index contributed by atoms with van der Waals surface area (Å²) in [5.74, 6) is 0.264. The maximum atomic E-state index is 9.45. The Morgan fingerprint density at radius 1 is 1.09 bits per heavy atom. The Morgan fingerprint density at radius 2 is 1.73 bits per heavy atom. The Morgan fingerprint density at radius 3 is 2.27 bits per heavy atom. The minimum absolute atomic E-state index is 0.264. The lowest BCUT2D eigenvalue weighted by atomic mass is 10.1. The zero-order valence-corrected chi connectivity index (χ0v) is 13.2. The van der Waals surface area contributed by atoms with E-state index < -0.39 is 0 Å². The summed E-state index contributed by atoms with van der Waals surface area (Å²) in [6, 6.07) is 18.0. The van der Waals surface area contributed by atoms with Crippen LogP contribution in [0.3, 0.4) is 0 Å². The van der Waals surface area contributed by atoms with Crippen molar-refractivity contribution in [1.29, 1.82) is 0 Å². The van der Waals surface area contributed by atoms with Crippen molar-refractivity contribution in [2.24, 2.45) is 5.73 Å². The lowest BCUT2D eigenvalue weighted by Crippen LogP contribution is -2.32. The summed E-state index contributed by atoms with van der Waals surface area (Å²) in [7, 11) is 0. The van der Waals surface area contributed by atoms with Gasteiger partial charge in [-0.2, -0.15) is 0 Å². The van der Waals surface area contributed by atoms with Crippen molar-refractivity contribution in [1.82, 2.24) is 4.90 Å². The summed E-state index contributed by atoms with van der Waals surface area (Å²) in [5, 5.41) is 9.45. The highest BCUT2D eigenvalue weighted by molar-refractivity contribution is 5.64. The van der Waals surface area contributed by atoms with Gasteiger partial charge in [0.15, 0.2) is 0 Å². The number of hydrogen-bond donors (Lipinski definition) is 2. The van der Waals surface area contributed by atoms with Crippen LogP contribution < -0.4 is 5.73 Å². The van der Waals surface area contributed by atoms with Crippen molar-refractivity contribution >= 4 is 5.70 Å². The Bertz CT molecular complexity index is 603. The van der Waals surface area contributed by atoms with Gasteiger partial charge in [-0.3, -0.25) is 0 Å². The summed E-state index contributed by atoms with van der Waals surface area (Å²) in [4.78, 5) is 2.29.